The number of piperidine rings is 1. The van der Waals surface area contributed by atoms with Gasteiger partial charge in [0.2, 0.25) is 0 Å². The summed E-state index contributed by atoms with van der Waals surface area (Å²) < 4.78 is 0. The molecule has 0 aromatic heterocycles. The van der Waals surface area contributed by atoms with Gasteiger partial charge in [0.15, 0.2) is 0 Å². The second-order valence-electron chi connectivity index (χ2n) is 4.49. The Morgan fingerprint density at radius 2 is 2.06 bits per heavy atom. The fraction of sp³-hybridized carbons (Fsp3) is 1.00. The summed E-state index contributed by atoms with van der Waals surface area (Å²) in [5, 5.41) is 13.7. The van der Waals surface area contributed by atoms with Gasteiger partial charge >= 0.3 is 0 Å². The quantitative estimate of drug-likeness (QED) is 0.429. The van der Waals surface area contributed by atoms with Crippen molar-refractivity contribution in [3.63, 3.8) is 0 Å². The third-order valence-corrected chi connectivity index (χ3v) is 3.12. The van der Waals surface area contributed by atoms with Crippen LogP contribution in [0.4, 0.5) is 0 Å². The van der Waals surface area contributed by atoms with Crippen molar-refractivity contribution >= 4 is 0 Å². The topological polar surface area (TPSA) is 72.2 Å². The lowest BCUT2D eigenvalue weighted by atomic mass is 10.0. The molecule has 0 bridgehead atoms. The summed E-state index contributed by atoms with van der Waals surface area (Å²) in [5.74, 6) is 0. The van der Waals surface area contributed by atoms with E-state index in [-0.39, 0.29) is 6.04 Å². The van der Waals surface area contributed by atoms with Crippen LogP contribution in [0.2, 0.25) is 0 Å². The summed E-state index contributed by atoms with van der Waals surface area (Å²) in [4.78, 5) is 5.08. The molecule has 92 valence electrons. The number of hydrogen-bond acceptors (Lipinski definition) is 3. The number of azide groups is 1. The van der Waals surface area contributed by atoms with Crippen LogP contribution in [0, 0.1) is 0 Å². The maximum Gasteiger partial charge on any atom is 0.0751 e. The first-order valence-corrected chi connectivity index (χ1v) is 6.22. The molecule has 1 rings (SSSR count). The van der Waals surface area contributed by atoms with Crippen molar-refractivity contribution in [1.29, 1.82) is 0 Å². The molecule has 0 aromatic rings. The third-order valence-electron chi connectivity index (χ3n) is 3.12. The third kappa shape index (κ3) is 4.39. The zero-order valence-corrected chi connectivity index (χ0v) is 10.0. The van der Waals surface area contributed by atoms with Gasteiger partial charge in [0.25, 0.3) is 0 Å². The van der Waals surface area contributed by atoms with Gasteiger partial charge in [-0.25, -0.2) is 0 Å². The average molecular weight is 226 g/mol. The van der Waals surface area contributed by atoms with Crippen LogP contribution in [0.1, 0.15) is 39.0 Å². The fourth-order valence-corrected chi connectivity index (χ4v) is 2.22. The first-order chi connectivity index (χ1) is 7.77. The van der Waals surface area contributed by atoms with E-state index in [0.29, 0.717) is 6.54 Å². The molecule has 1 N–H and O–H groups in total. The average Bonchev–Trinajstić information content (AvgIpc) is 2.30. The van der Waals surface area contributed by atoms with Gasteiger partial charge in [-0.2, -0.15) is 0 Å². The Hall–Kier alpha value is -0.770. The molecular formula is C11H22N4O. The minimum atomic E-state index is -0.519. The molecule has 1 aliphatic heterocycles. The van der Waals surface area contributed by atoms with E-state index in [4.69, 9.17) is 5.53 Å². The molecule has 1 aliphatic rings. The van der Waals surface area contributed by atoms with Crippen LogP contribution in [0.25, 0.3) is 10.4 Å². The molecule has 0 amide bonds. The lowest BCUT2D eigenvalue weighted by Gasteiger charge is -2.30. The van der Waals surface area contributed by atoms with Crippen LogP contribution in [0.15, 0.2) is 5.11 Å². The number of likely N-dealkylation sites (tertiary alicyclic amines) is 1. The van der Waals surface area contributed by atoms with Gasteiger partial charge in [0.1, 0.15) is 0 Å². The Morgan fingerprint density at radius 1 is 1.38 bits per heavy atom. The standard InChI is InChI=1S/C11H22N4O/c1-2-6-10(13-14-12)11(16)9-15-7-4-3-5-8-15/h10-11,16H,2-9H2,1H3/t10-,11+/m0/s1. The smallest absolute Gasteiger partial charge is 0.0751 e. The number of β-amino-alcohol motifs (C(OH)–C–C–N with tert-alkyl or cyclic N) is 1. The Labute approximate surface area is 97.1 Å². The van der Waals surface area contributed by atoms with E-state index < -0.39 is 6.10 Å². The summed E-state index contributed by atoms with van der Waals surface area (Å²) in [5.41, 5.74) is 8.45. The second-order valence-corrected chi connectivity index (χ2v) is 4.49. The number of aliphatic hydroxyl groups is 1. The van der Waals surface area contributed by atoms with Crippen molar-refractivity contribution in [1.82, 2.24) is 4.90 Å². The summed E-state index contributed by atoms with van der Waals surface area (Å²) in [7, 11) is 0. The van der Waals surface area contributed by atoms with Crippen LogP contribution in [0.3, 0.4) is 0 Å². The summed E-state index contributed by atoms with van der Waals surface area (Å²) >= 11 is 0. The molecular weight excluding hydrogens is 204 g/mol. The molecule has 0 unspecified atom stereocenters. The van der Waals surface area contributed by atoms with Crippen LogP contribution in [-0.2, 0) is 0 Å². The molecule has 0 aromatic carbocycles. The van der Waals surface area contributed by atoms with Crippen LogP contribution >= 0.6 is 0 Å². The van der Waals surface area contributed by atoms with E-state index >= 15 is 0 Å². The van der Waals surface area contributed by atoms with Crippen LogP contribution in [-0.4, -0.2) is 41.8 Å². The van der Waals surface area contributed by atoms with Crippen LogP contribution < -0.4 is 0 Å². The predicted octanol–water partition coefficient (Wildman–Crippen LogP) is 2.31. The zero-order valence-electron chi connectivity index (χ0n) is 10.0. The van der Waals surface area contributed by atoms with E-state index in [1.54, 1.807) is 0 Å². The Balaban J connectivity index is 2.40. The largest absolute Gasteiger partial charge is 0.391 e. The number of rotatable bonds is 6. The molecule has 5 heteroatoms. The van der Waals surface area contributed by atoms with Gasteiger partial charge in [0.05, 0.1) is 12.1 Å². The normalized spacial score (nSPS) is 21.1. The molecule has 16 heavy (non-hydrogen) atoms. The maximum absolute atomic E-state index is 10.0. The van der Waals surface area contributed by atoms with Crippen molar-refractivity contribution in [2.45, 2.75) is 51.2 Å². The molecule has 5 nitrogen and oxygen atoms in total. The number of nitrogens with zero attached hydrogens (tertiary/aromatic N) is 4. The highest BCUT2D eigenvalue weighted by molar-refractivity contribution is 4.79. The van der Waals surface area contributed by atoms with Crippen molar-refractivity contribution in [3.8, 4) is 0 Å². The van der Waals surface area contributed by atoms with Crippen molar-refractivity contribution < 1.29 is 5.11 Å². The molecule has 0 saturated carbocycles. The highest BCUT2D eigenvalue weighted by atomic mass is 16.3. The molecule has 1 fully saturated rings. The number of aliphatic hydroxyl groups excluding tert-OH is 1. The van der Waals surface area contributed by atoms with E-state index in [9.17, 15) is 5.11 Å². The van der Waals surface area contributed by atoms with Gasteiger partial charge in [-0.3, -0.25) is 0 Å². The second kappa shape index (κ2) is 7.49. The van der Waals surface area contributed by atoms with E-state index in [1.807, 2.05) is 6.92 Å². The Kier molecular flexibility index (Phi) is 6.23. The van der Waals surface area contributed by atoms with Crippen molar-refractivity contribution in [2.24, 2.45) is 5.11 Å². The lowest BCUT2D eigenvalue weighted by molar-refractivity contribution is 0.0795. The minimum Gasteiger partial charge on any atom is -0.391 e. The molecule has 0 spiro atoms. The first-order valence-electron chi connectivity index (χ1n) is 6.22. The van der Waals surface area contributed by atoms with Gasteiger partial charge in [-0.05, 0) is 37.9 Å². The Bertz CT molecular complexity index is 234. The van der Waals surface area contributed by atoms with E-state index in [1.165, 1.54) is 19.3 Å². The van der Waals surface area contributed by atoms with Gasteiger partial charge < -0.3 is 10.0 Å². The predicted molar refractivity (Wildman–Crippen MR) is 64.1 cm³/mol. The van der Waals surface area contributed by atoms with Crippen molar-refractivity contribution in [2.75, 3.05) is 19.6 Å². The highest BCUT2D eigenvalue weighted by Gasteiger charge is 2.21. The van der Waals surface area contributed by atoms with Gasteiger partial charge in [-0.1, -0.05) is 24.9 Å². The monoisotopic (exact) mass is 226 g/mol. The summed E-state index contributed by atoms with van der Waals surface area (Å²) in [6.45, 7) is 4.80. The maximum atomic E-state index is 10.0. The van der Waals surface area contributed by atoms with E-state index in [0.717, 1.165) is 25.9 Å². The van der Waals surface area contributed by atoms with Gasteiger partial charge in [-0.15, -0.1) is 0 Å². The summed E-state index contributed by atoms with van der Waals surface area (Å²) in [6, 6.07) is -0.267. The van der Waals surface area contributed by atoms with Crippen LogP contribution in [0.5, 0.6) is 0 Å². The minimum absolute atomic E-state index is 0.267. The number of hydrogen-bond donors (Lipinski definition) is 1. The molecule has 2 atom stereocenters. The molecule has 0 radical (unpaired) electrons. The lowest BCUT2D eigenvalue weighted by Crippen LogP contribution is -2.40. The Morgan fingerprint density at radius 3 is 2.62 bits per heavy atom. The van der Waals surface area contributed by atoms with Gasteiger partial charge in [0, 0.05) is 11.5 Å². The summed E-state index contributed by atoms with van der Waals surface area (Å²) in [6.07, 6.45) is 4.90. The van der Waals surface area contributed by atoms with Crippen molar-refractivity contribution in [3.05, 3.63) is 10.4 Å². The molecule has 1 saturated heterocycles. The van der Waals surface area contributed by atoms with E-state index in [2.05, 4.69) is 14.9 Å². The molecule has 0 aliphatic carbocycles. The zero-order chi connectivity index (χ0) is 11.8. The highest BCUT2D eigenvalue weighted by Crippen LogP contribution is 2.13. The fourth-order valence-electron chi connectivity index (χ4n) is 2.22. The SMILES string of the molecule is CCC[C@H](N=[N+]=[N-])[C@H](O)CN1CCCCC1. The molecule has 1 heterocycles. The first kappa shape index (κ1) is 13.3.